The largest absolute Gasteiger partial charge is 0.392 e. The van der Waals surface area contributed by atoms with Gasteiger partial charge in [0.05, 0.1) is 18.1 Å². The number of hydrogen-bond donors (Lipinski definition) is 2. The van der Waals surface area contributed by atoms with E-state index in [2.05, 4.69) is 10.2 Å². The molecule has 0 aliphatic carbocycles. The molecule has 0 aromatic heterocycles. The normalized spacial score (nSPS) is 15.8. The Morgan fingerprint density at radius 2 is 1.58 bits per heavy atom. The number of aryl methyl sites for hydroxylation is 1. The van der Waals surface area contributed by atoms with Gasteiger partial charge in [-0.15, -0.1) is 0 Å². The Morgan fingerprint density at radius 1 is 0.939 bits per heavy atom. The average molecular weight is 465 g/mol. The van der Waals surface area contributed by atoms with Crippen molar-refractivity contribution in [3.05, 3.63) is 89.0 Å². The molecule has 6 nitrogen and oxygen atoms in total. The Hall–Kier alpha value is -3.00. The quantitative estimate of drug-likeness (QED) is 0.582. The van der Waals surface area contributed by atoms with Gasteiger partial charge in [-0.25, -0.2) is 8.42 Å². The maximum Gasteiger partial charge on any atom is 0.255 e. The third-order valence-corrected chi connectivity index (χ3v) is 7.61. The lowest BCUT2D eigenvalue weighted by molar-refractivity contribution is 0.102. The van der Waals surface area contributed by atoms with Crippen molar-refractivity contribution in [2.45, 2.75) is 20.1 Å². The number of carbonyl (C=O) groups is 1. The van der Waals surface area contributed by atoms with Crippen LogP contribution in [0.25, 0.3) is 11.1 Å². The van der Waals surface area contributed by atoms with Crippen molar-refractivity contribution in [1.82, 2.24) is 4.90 Å². The maximum absolute atomic E-state index is 12.7. The molecular weight excluding hydrogens is 436 g/mol. The van der Waals surface area contributed by atoms with Gasteiger partial charge >= 0.3 is 0 Å². The topological polar surface area (TPSA) is 86.7 Å². The number of nitrogens with zero attached hydrogens (tertiary/aromatic N) is 1. The van der Waals surface area contributed by atoms with Crippen LogP contribution < -0.4 is 5.32 Å². The van der Waals surface area contributed by atoms with Gasteiger partial charge in [0, 0.05) is 30.9 Å². The van der Waals surface area contributed by atoms with Crippen LogP contribution in [0.5, 0.6) is 0 Å². The fourth-order valence-corrected chi connectivity index (χ4v) is 5.22. The van der Waals surface area contributed by atoms with Gasteiger partial charge in [-0.2, -0.15) is 0 Å². The molecule has 3 aromatic rings. The summed E-state index contributed by atoms with van der Waals surface area (Å²) in [6.45, 7) is 3.82. The standard InChI is InChI=1S/C26H28N2O4S/c1-19-2-3-21(18-29)16-25(19)22-6-8-23(9-7-22)26(30)27-24-10-4-20(5-11-24)17-28-12-14-33(31,32)15-13-28/h2-11,16,29H,12-15,17-18H2,1H3,(H,27,30). The van der Waals surface area contributed by atoms with Crippen molar-refractivity contribution < 1.29 is 18.3 Å². The SMILES string of the molecule is Cc1ccc(CO)cc1-c1ccc(C(=O)Nc2ccc(CN3CCS(=O)(=O)CC3)cc2)cc1. The van der Waals surface area contributed by atoms with Gasteiger partial charge in [0.2, 0.25) is 0 Å². The van der Waals surface area contributed by atoms with Crippen LogP contribution in [0.2, 0.25) is 0 Å². The number of benzene rings is 3. The van der Waals surface area contributed by atoms with Crippen molar-refractivity contribution in [1.29, 1.82) is 0 Å². The summed E-state index contributed by atoms with van der Waals surface area (Å²) >= 11 is 0. The molecule has 3 aromatic carbocycles. The number of aliphatic hydroxyl groups excluding tert-OH is 1. The van der Waals surface area contributed by atoms with E-state index in [9.17, 15) is 18.3 Å². The Morgan fingerprint density at radius 3 is 2.21 bits per heavy atom. The maximum atomic E-state index is 12.7. The van der Waals surface area contributed by atoms with E-state index < -0.39 is 9.84 Å². The molecule has 4 rings (SSSR count). The number of hydrogen-bond acceptors (Lipinski definition) is 5. The minimum absolute atomic E-state index is 0.00744. The fraction of sp³-hybridized carbons (Fsp3) is 0.269. The van der Waals surface area contributed by atoms with Crippen LogP contribution in [0, 0.1) is 6.92 Å². The van der Waals surface area contributed by atoms with E-state index in [0.29, 0.717) is 30.9 Å². The molecule has 1 amide bonds. The van der Waals surface area contributed by atoms with Gasteiger partial charge < -0.3 is 10.4 Å². The molecule has 172 valence electrons. The number of aliphatic hydroxyl groups is 1. The number of amides is 1. The number of sulfone groups is 1. The number of rotatable bonds is 6. The first-order valence-electron chi connectivity index (χ1n) is 11.0. The van der Waals surface area contributed by atoms with Gasteiger partial charge in [-0.1, -0.05) is 36.4 Å². The van der Waals surface area contributed by atoms with Crippen LogP contribution in [0.3, 0.4) is 0 Å². The number of nitrogens with one attached hydrogen (secondary N) is 1. The highest BCUT2D eigenvalue weighted by Gasteiger charge is 2.21. The molecule has 0 saturated carbocycles. The third kappa shape index (κ3) is 5.87. The van der Waals surface area contributed by atoms with Crippen molar-refractivity contribution in [3.8, 4) is 11.1 Å². The molecule has 1 aliphatic rings. The van der Waals surface area contributed by atoms with E-state index in [0.717, 1.165) is 27.8 Å². The molecule has 0 radical (unpaired) electrons. The molecule has 0 atom stereocenters. The molecule has 1 aliphatic heterocycles. The Bertz CT molecular complexity index is 1220. The predicted octanol–water partition coefficient (Wildman–Crippen LogP) is 3.64. The minimum atomic E-state index is -2.88. The summed E-state index contributed by atoms with van der Waals surface area (Å²) in [5.74, 6) is 0.245. The van der Waals surface area contributed by atoms with E-state index in [1.54, 1.807) is 12.1 Å². The highest BCUT2D eigenvalue weighted by molar-refractivity contribution is 7.91. The van der Waals surface area contributed by atoms with E-state index in [1.165, 1.54) is 0 Å². The van der Waals surface area contributed by atoms with E-state index >= 15 is 0 Å². The lowest BCUT2D eigenvalue weighted by Gasteiger charge is -2.26. The summed E-state index contributed by atoms with van der Waals surface area (Å²) in [6.07, 6.45) is 0. The van der Waals surface area contributed by atoms with Crippen LogP contribution in [-0.2, 0) is 23.0 Å². The first-order valence-corrected chi connectivity index (χ1v) is 12.8. The van der Waals surface area contributed by atoms with Crippen molar-refractivity contribution >= 4 is 21.4 Å². The zero-order valence-corrected chi connectivity index (χ0v) is 19.4. The average Bonchev–Trinajstić information content (AvgIpc) is 2.82. The van der Waals surface area contributed by atoms with Crippen LogP contribution >= 0.6 is 0 Å². The molecule has 1 saturated heterocycles. The molecule has 1 heterocycles. The summed E-state index contributed by atoms with van der Waals surface area (Å²) < 4.78 is 23.1. The summed E-state index contributed by atoms with van der Waals surface area (Å²) in [6, 6.07) is 20.9. The molecule has 0 bridgehead atoms. The number of carbonyl (C=O) groups excluding carboxylic acids is 1. The second kappa shape index (κ2) is 9.87. The van der Waals surface area contributed by atoms with Gasteiger partial charge in [0.15, 0.2) is 9.84 Å². The molecular formula is C26H28N2O4S. The summed E-state index contributed by atoms with van der Waals surface area (Å²) in [5, 5.41) is 12.3. The van der Waals surface area contributed by atoms with Gasteiger partial charge in [-0.3, -0.25) is 9.69 Å². The van der Waals surface area contributed by atoms with E-state index in [1.807, 2.05) is 61.5 Å². The van der Waals surface area contributed by atoms with Gasteiger partial charge in [-0.05, 0) is 65.1 Å². The highest BCUT2D eigenvalue weighted by atomic mass is 32.2. The lowest BCUT2D eigenvalue weighted by Crippen LogP contribution is -2.39. The van der Waals surface area contributed by atoms with Crippen LogP contribution in [-0.4, -0.2) is 48.9 Å². The monoisotopic (exact) mass is 464 g/mol. The van der Waals surface area contributed by atoms with Crippen molar-refractivity contribution in [2.24, 2.45) is 0 Å². The highest BCUT2D eigenvalue weighted by Crippen LogP contribution is 2.25. The number of anilines is 1. The smallest absolute Gasteiger partial charge is 0.255 e. The Balaban J connectivity index is 1.37. The Labute approximate surface area is 194 Å². The Kier molecular flexibility index (Phi) is 6.93. The third-order valence-electron chi connectivity index (χ3n) is 6.00. The molecule has 33 heavy (non-hydrogen) atoms. The van der Waals surface area contributed by atoms with Crippen molar-refractivity contribution in [2.75, 3.05) is 29.9 Å². The predicted molar refractivity (Wildman–Crippen MR) is 131 cm³/mol. The molecule has 0 unspecified atom stereocenters. The van der Waals surface area contributed by atoms with Gasteiger partial charge in [0.25, 0.3) is 5.91 Å². The van der Waals surface area contributed by atoms with E-state index in [4.69, 9.17) is 0 Å². The molecule has 0 spiro atoms. The van der Waals surface area contributed by atoms with Gasteiger partial charge in [0.1, 0.15) is 0 Å². The second-order valence-corrected chi connectivity index (χ2v) is 10.8. The van der Waals surface area contributed by atoms with Crippen LogP contribution in [0.4, 0.5) is 5.69 Å². The second-order valence-electron chi connectivity index (χ2n) is 8.46. The molecule has 2 N–H and O–H groups in total. The van der Waals surface area contributed by atoms with Crippen LogP contribution in [0.1, 0.15) is 27.0 Å². The lowest BCUT2D eigenvalue weighted by atomic mass is 9.97. The summed E-state index contributed by atoms with van der Waals surface area (Å²) in [7, 11) is -2.88. The molecule has 7 heteroatoms. The zero-order valence-electron chi connectivity index (χ0n) is 18.6. The van der Waals surface area contributed by atoms with Crippen molar-refractivity contribution in [3.63, 3.8) is 0 Å². The van der Waals surface area contributed by atoms with Crippen LogP contribution in [0.15, 0.2) is 66.7 Å². The summed E-state index contributed by atoms with van der Waals surface area (Å²) in [4.78, 5) is 14.8. The molecule has 1 fully saturated rings. The van der Waals surface area contributed by atoms with E-state index in [-0.39, 0.29) is 24.0 Å². The minimum Gasteiger partial charge on any atom is -0.392 e. The first-order chi connectivity index (χ1) is 15.8. The summed E-state index contributed by atoms with van der Waals surface area (Å²) in [5.41, 5.74) is 6.34. The first kappa shape index (κ1) is 23.2. The zero-order chi connectivity index (χ0) is 23.4. The fourth-order valence-electron chi connectivity index (χ4n) is 3.94.